The van der Waals surface area contributed by atoms with Gasteiger partial charge < -0.3 is 35.2 Å². The van der Waals surface area contributed by atoms with Crippen LogP contribution < -0.4 is 10.6 Å². The number of piperazine rings is 2. The number of aliphatic carboxylic acids is 2. The Balaban J connectivity index is 0.000000379. The predicted octanol–water partition coefficient (Wildman–Crippen LogP) is 1.09. The Kier molecular flexibility index (Phi) is 10.4. The van der Waals surface area contributed by atoms with Crippen LogP contribution in [0.4, 0.5) is 9.59 Å². The van der Waals surface area contributed by atoms with E-state index in [9.17, 15) is 24.3 Å². The highest BCUT2D eigenvalue weighted by Crippen LogP contribution is 2.22. The van der Waals surface area contributed by atoms with Gasteiger partial charge in [0.15, 0.2) is 6.04 Å². The molecule has 0 aromatic rings. The van der Waals surface area contributed by atoms with E-state index in [1.807, 2.05) is 0 Å². The van der Waals surface area contributed by atoms with Gasteiger partial charge in [0, 0.05) is 32.7 Å². The third kappa shape index (κ3) is 8.98. The lowest BCUT2D eigenvalue weighted by Crippen LogP contribution is -2.60. The molecule has 1 saturated carbocycles. The molecular formula is C22H38N4O8. The molecule has 0 unspecified atom stereocenters. The summed E-state index contributed by atoms with van der Waals surface area (Å²) in [7, 11) is 0. The molecule has 0 spiro atoms. The van der Waals surface area contributed by atoms with Gasteiger partial charge in [-0.3, -0.25) is 9.69 Å². The number of carboxylic acid groups (broad SMARTS) is 2. The maximum Gasteiger partial charge on any atom is 0.410 e. The van der Waals surface area contributed by atoms with E-state index in [0.717, 1.165) is 45.2 Å². The summed E-state index contributed by atoms with van der Waals surface area (Å²) in [6, 6.07) is -1.52. The van der Waals surface area contributed by atoms with Crippen LogP contribution in [-0.2, 0) is 19.1 Å². The average molecular weight is 487 g/mol. The van der Waals surface area contributed by atoms with Gasteiger partial charge in [0.1, 0.15) is 17.7 Å². The zero-order valence-corrected chi connectivity index (χ0v) is 20.2. The molecule has 3 fully saturated rings. The summed E-state index contributed by atoms with van der Waals surface area (Å²) in [5.41, 5.74) is -0.660. The number of nitrogens with one attached hydrogen (secondary N) is 2. The molecule has 2 saturated heterocycles. The van der Waals surface area contributed by atoms with Crippen molar-refractivity contribution < 1.29 is 38.9 Å². The van der Waals surface area contributed by atoms with E-state index in [2.05, 4.69) is 10.6 Å². The van der Waals surface area contributed by atoms with Crippen molar-refractivity contribution in [3.8, 4) is 0 Å². The molecule has 12 nitrogen and oxygen atoms in total. The fourth-order valence-corrected chi connectivity index (χ4v) is 3.93. The number of amides is 2. The first-order chi connectivity index (χ1) is 16.0. The molecule has 3 aliphatic rings. The van der Waals surface area contributed by atoms with Crippen LogP contribution in [0.2, 0.25) is 0 Å². The Hall–Kier alpha value is -2.60. The van der Waals surface area contributed by atoms with E-state index >= 15 is 0 Å². The number of hydrogen-bond acceptors (Lipinski definition) is 8. The van der Waals surface area contributed by atoms with Gasteiger partial charge in [-0.05, 0) is 46.5 Å². The van der Waals surface area contributed by atoms with Gasteiger partial charge in [-0.15, -0.1) is 0 Å². The number of carbonyl (C=O) groups is 4. The second-order valence-corrected chi connectivity index (χ2v) is 9.67. The van der Waals surface area contributed by atoms with Crippen molar-refractivity contribution in [1.29, 1.82) is 0 Å². The highest BCUT2D eigenvalue weighted by atomic mass is 16.6. The van der Waals surface area contributed by atoms with E-state index in [0.29, 0.717) is 6.54 Å². The van der Waals surface area contributed by atoms with E-state index in [1.165, 1.54) is 9.80 Å². The number of carbonyl (C=O) groups excluding carboxylic acids is 2. The number of carboxylic acids is 2. The summed E-state index contributed by atoms with van der Waals surface area (Å²) in [6.45, 7) is 7.62. The summed E-state index contributed by atoms with van der Waals surface area (Å²) in [5, 5.41) is 23.7. The Labute approximate surface area is 199 Å². The molecular weight excluding hydrogens is 448 g/mol. The lowest BCUT2D eigenvalue weighted by atomic mass is 9.98. The Morgan fingerprint density at radius 2 is 1.59 bits per heavy atom. The fraction of sp³-hybridized carbons (Fsp3) is 0.818. The standard InChI is InChI=1S/C17H28N2O6.C5H10N2O2/c1-17(2,3)25-15(22)18-9-10-19(13(11-18)14(20)21)16(23)24-12-7-5-4-6-8-12;8-5(9)4-3-6-1-2-7-4/h12-13H,4-11H2,1-3H3,(H,20,21);4,6-7H,1-3H2,(H,8,9)/t13-;4-/m11/s1. The molecule has 34 heavy (non-hydrogen) atoms. The monoisotopic (exact) mass is 486 g/mol. The minimum absolute atomic E-state index is 0.107. The molecule has 0 aromatic heterocycles. The van der Waals surface area contributed by atoms with Crippen LogP contribution in [0.1, 0.15) is 52.9 Å². The highest BCUT2D eigenvalue weighted by molar-refractivity contribution is 5.82. The van der Waals surface area contributed by atoms with Gasteiger partial charge in [0.2, 0.25) is 0 Å². The van der Waals surface area contributed by atoms with Crippen molar-refractivity contribution in [3.05, 3.63) is 0 Å². The molecule has 3 rings (SSSR count). The summed E-state index contributed by atoms with van der Waals surface area (Å²) < 4.78 is 10.8. The maximum absolute atomic E-state index is 12.4. The molecule has 0 radical (unpaired) electrons. The molecule has 194 valence electrons. The van der Waals surface area contributed by atoms with Crippen LogP contribution >= 0.6 is 0 Å². The maximum atomic E-state index is 12.4. The predicted molar refractivity (Wildman–Crippen MR) is 122 cm³/mol. The number of rotatable bonds is 3. The topological polar surface area (TPSA) is 158 Å². The van der Waals surface area contributed by atoms with Crippen LogP contribution in [0.5, 0.6) is 0 Å². The largest absolute Gasteiger partial charge is 0.480 e. The van der Waals surface area contributed by atoms with Crippen LogP contribution in [-0.4, -0.2) is 107 Å². The van der Waals surface area contributed by atoms with Gasteiger partial charge in [-0.1, -0.05) is 6.42 Å². The summed E-state index contributed by atoms with van der Waals surface area (Å²) in [6.07, 6.45) is 3.50. The average Bonchev–Trinajstić information content (AvgIpc) is 2.79. The Morgan fingerprint density at radius 1 is 0.912 bits per heavy atom. The van der Waals surface area contributed by atoms with Gasteiger partial charge in [-0.25, -0.2) is 14.4 Å². The fourth-order valence-electron chi connectivity index (χ4n) is 3.93. The third-order valence-electron chi connectivity index (χ3n) is 5.71. The van der Waals surface area contributed by atoms with E-state index < -0.39 is 41.8 Å². The first kappa shape index (κ1) is 27.6. The normalized spacial score (nSPS) is 23.9. The number of nitrogens with zero attached hydrogens (tertiary/aromatic N) is 2. The quantitative estimate of drug-likeness (QED) is 0.455. The second kappa shape index (κ2) is 12.7. The van der Waals surface area contributed by atoms with E-state index in [1.54, 1.807) is 20.8 Å². The summed E-state index contributed by atoms with van der Waals surface area (Å²) in [4.78, 5) is 48.9. The van der Waals surface area contributed by atoms with Gasteiger partial charge >= 0.3 is 24.1 Å². The number of ether oxygens (including phenoxy) is 2. The van der Waals surface area contributed by atoms with Crippen LogP contribution in [0.25, 0.3) is 0 Å². The second-order valence-electron chi connectivity index (χ2n) is 9.67. The molecule has 0 aromatic carbocycles. The Morgan fingerprint density at radius 3 is 2.09 bits per heavy atom. The lowest BCUT2D eigenvalue weighted by molar-refractivity contribution is -0.145. The first-order valence-electron chi connectivity index (χ1n) is 11.8. The van der Waals surface area contributed by atoms with Gasteiger partial charge in [0.05, 0.1) is 6.54 Å². The van der Waals surface area contributed by atoms with E-state index in [4.69, 9.17) is 14.6 Å². The minimum Gasteiger partial charge on any atom is -0.480 e. The summed E-state index contributed by atoms with van der Waals surface area (Å²) >= 11 is 0. The van der Waals surface area contributed by atoms with E-state index in [-0.39, 0.29) is 25.7 Å². The molecule has 2 heterocycles. The van der Waals surface area contributed by atoms with Crippen molar-refractivity contribution in [3.63, 3.8) is 0 Å². The molecule has 2 atom stereocenters. The van der Waals surface area contributed by atoms with Gasteiger partial charge in [0.25, 0.3) is 0 Å². The molecule has 2 amide bonds. The van der Waals surface area contributed by atoms with Crippen molar-refractivity contribution in [2.45, 2.75) is 76.7 Å². The van der Waals surface area contributed by atoms with Crippen molar-refractivity contribution in [1.82, 2.24) is 20.4 Å². The highest BCUT2D eigenvalue weighted by Gasteiger charge is 2.39. The molecule has 0 bridgehead atoms. The first-order valence-corrected chi connectivity index (χ1v) is 11.8. The third-order valence-corrected chi connectivity index (χ3v) is 5.71. The summed E-state index contributed by atoms with van der Waals surface area (Å²) in [5.74, 6) is -1.93. The van der Waals surface area contributed by atoms with Crippen LogP contribution in [0.3, 0.4) is 0 Å². The molecule has 4 N–H and O–H groups in total. The SMILES string of the molecule is CC(C)(C)OC(=O)N1CCN(C(=O)OC2CCCCC2)[C@@H](C(=O)O)C1.O=C(O)[C@H]1CNCCN1. The zero-order valence-electron chi connectivity index (χ0n) is 20.2. The smallest absolute Gasteiger partial charge is 0.410 e. The molecule has 2 aliphatic heterocycles. The minimum atomic E-state index is -1.16. The number of hydrogen-bond donors (Lipinski definition) is 4. The molecule has 1 aliphatic carbocycles. The van der Waals surface area contributed by atoms with Gasteiger partial charge in [-0.2, -0.15) is 0 Å². The van der Waals surface area contributed by atoms with Crippen molar-refractivity contribution in [2.75, 3.05) is 39.3 Å². The lowest BCUT2D eigenvalue weighted by Gasteiger charge is -2.39. The zero-order chi connectivity index (χ0) is 25.3. The Bertz CT molecular complexity index is 714. The van der Waals surface area contributed by atoms with Crippen LogP contribution in [0.15, 0.2) is 0 Å². The molecule has 12 heteroatoms. The van der Waals surface area contributed by atoms with Crippen molar-refractivity contribution >= 4 is 24.1 Å². The van der Waals surface area contributed by atoms with Crippen LogP contribution in [0, 0.1) is 0 Å². The van der Waals surface area contributed by atoms with Crippen molar-refractivity contribution in [2.24, 2.45) is 0 Å².